The van der Waals surface area contributed by atoms with Crippen LogP contribution in [0.25, 0.3) is 10.4 Å². The van der Waals surface area contributed by atoms with Crippen molar-refractivity contribution in [3.05, 3.63) is 10.4 Å². The number of carbonyl (C=O) groups is 1. The van der Waals surface area contributed by atoms with Crippen LogP contribution in [0, 0.1) is 5.92 Å². The molecule has 1 rings (SSSR count). The van der Waals surface area contributed by atoms with Crippen LogP contribution in [0.4, 0.5) is 0 Å². The van der Waals surface area contributed by atoms with Crippen LogP contribution in [0.2, 0.25) is 0 Å². The van der Waals surface area contributed by atoms with Crippen molar-refractivity contribution < 1.29 is 4.79 Å². The first-order valence-corrected chi connectivity index (χ1v) is 5.10. The molecule has 1 aliphatic rings. The average Bonchev–Trinajstić information content (AvgIpc) is 2.65. The number of hydrogen-bond donors (Lipinski definition) is 1. The second kappa shape index (κ2) is 6.27. The van der Waals surface area contributed by atoms with Crippen molar-refractivity contribution >= 4 is 5.91 Å². The van der Waals surface area contributed by atoms with E-state index in [1.807, 2.05) is 0 Å². The molecule has 1 amide bonds. The number of azide groups is 1. The molecule has 1 saturated carbocycles. The van der Waals surface area contributed by atoms with E-state index in [9.17, 15) is 4.79 Å². The quantitative estimate of drug-likeness (QED) is 0.310. The molecular weight excluding hydrogens is 180 g/mol. The molecule has 5 heteroatoms. The Hall–Kier alpha value is -1.22. The van der Waals surface area contributed by atoms with Crippen LogP contribution in [0.3, 0.4) is 0 Å². The number of nitrogens with one attached hydrogen (secondary N) is 1. The lowest BCUT2D eigenvalue weighted by molar-refractivity contribution is -0.121. The molecule has 14 heavy (non-hydrogen) atoms. The fourth-order valence-corrected chi connectivity index (χ4v) is 1.84. The van der Waals surface area contributed by atoms with Crippen LogP contribution >= 0.6 is 0 Å². The predicted octanol–water partition coefficient (Wildman–Crippen LogP) is 1.99. The number of nitrogens with zero attached hydrogens (tertiary/aromatic N) is 3. The number of hydrogen-bond acceptors (Lipinski definition) is 2. The van der Waals surface area contributed by atoms with Gasteiger partial charge in [-0.1, -0.05) is 18.0 Å². The lowest BCUT2D eigenvalue weighted by Crippen LogP contribution is -2.27. The zero-order valence-electron chi connectivity index (χ0n) is 8.28. The molecule has 1 aliphatic carbocycles. The standard InChI is InChI=1S/C9H16N4O/c10-13-12-6-5-11-9(14)7-8-3-1-2-4-8/h8H,1-7H2,(H,11,14). The highest BCUT2D eigenvalue weighted by Gasteiger charge is 2.17. The summed E-state index contributed by atoms with van der Waals surface area (Å²) in [6, 6.07) is 0. The van der Waals surface area contributed by atoms with Crippen molar-refractivity contribution in [2.24, 2.45) is 11.0 Å². The summed E-state index contributed by atoms with van der Waals surface area (Å²) in [7, 11) is 0. The molecule has 0 unspecified atom stereocenters. The van der Waals surface area contributed by atoms with E-state index in [1.54, 1.807) is 0 Å². The normalized spacial score (nSPS) is 16.3. The average molecular weight is 196 g/mol. The maximum absolute atomic E-state index is 11.3. The third-order valence-corrected chi connectivity index (χ3v) is 2.55. The molecule has 0 aromatic rings. The molecule has 1 fully saturated rings. The van der Waals surface area contributed by atoms with E-state index in [-0.39, 0.29) is 5.91 Å². The predicted molar refractivity (Wildman–Crippen MR) is 53.6 cm³/mol. The van der Waals surface area contributed by atoms with E-state index in [0.29, 0.717) is 25.4 Å². The summed E-state index contributed by atoms with van der Waals surface area (Å²) in [5.74, 6) is 0.666. The lowest BCUT2D eigenvalue weighted by atomic mass is 10.0. The first-order chi connectivity index (χ1) is 6.83. The smallest absolute Gasteiger partial charge is 0.220 e. The summed E-state index contributed by atoms with van der Waals surface area (Å²) in [6.45, 7) is 0.794. The molecule has 78 valence electrons. The second-order valence-electron chi connectivity index (χ2n) is 3.66. The van der Waals surface area contributed by atoms with Gasteiger partial charge in [-0.15, -0.1) is 0 Å². The molecule has 0 saturated heterocycles. The Morgan fingerprint density at radius 3 is 2.86 bits per heavy atom. The van der Waals surface area contributed by atoms with Gasteiger partial charge in [0.2, 0.25) is 5.91 Å². The van der Waals surface area contributed by atoms with Crippen molar-refractivity contribution in [2.45, 2.75) is 32.1 Å². The zero-order chi connectivity index (χ0) is 10.2. The van der Waals surface area contributed by atoms with E-state index >= 15 is 0 Å². The minimum atomic E-state index is 0.0880. The first kappa shape index (κ1) is 10.9. The van der Waals surface area contributed by atoms with Gasteiger partial charge in [0.1, 0.15) is 0 Å². The molecule has 1 N–H and O–H groups in total. The zero-order valence-corrected chi connectivity index (χ0v) is 8.28. The molecule has 0 radical (unpaired) electrons. The minimum absolute atomic E-state index is 0.0880. The summed E-state index contributed by atoms with van der Waals surface area (Å²) in [5.41, 5.74) is 8.01. The lowest BCUT2D eigenvalue weighted by Gasteiger charge is -2.08. The molecule has 0 aromatic carbocycles. The van der Waals surface area contributed by atoms with Crippen LogP contribution in [0.1, 0.15) is 32.1 Å². The Morgan fingerprint density at radius 2 is 2.21 bits per heavy atom. The first-order valence-electron chi connectivity index (χ1n) is 5.10. The number of rotatable bonds is 5. The SMILES string of the molecule is [N-]=[N+]=NCCNC(=O)CC1CCCC1. The maximum Gasteiger partial charge on any atom is 0.220 e. The largest absolute Gasteiger partial charge is 0.356 e. The molecule has 0 aromatic heterocycles. The van der Waals surface area contributed by atoms with Gasteiger partial charge in [-0.2, -0.15) is 0 Å². The third kappa shape index (κ3) is 4.14. The molecule has 0 spiro atoms. The van der Waals surface area contributed by atoms with E-state index in [4.69, 9.17) is 5.53 Å². The molecular formula is C9H16N4O. The Balaban J connectivity index is 2.06. The highest BCUT2D eigenvalue weighted by atomic mass is 16.1. The Labute approximate surface area is 83.5 Å². The fraction of sp³-hybridized carbons (Fsp3) is 0.889. The van der Waals surface area contributed by atoms with Crippen molar-refractivity contribution in [3.8, 4) is 0 Å². The van der Waals surface area contributed by atoms with Gasteiger partial charge in [-0.05, 0) is 24.3 Å². The van der Waals surface area contributed by atoms with Crippen molar-refractivity contribution in [2.75, 3.05) is 13.1 Å². The van der Waals surface area contributed by atoms with Crippen molar-refractivity contribution in [1.82, 2.24) is 5.32 Å². The van der Waals surface area contributed by atoms with E-state index in [0.717, 1.165) is 0 Å². The van der Waals surface area contributed by atoms with E-state index in [1.165, 1.54) is 25.7 Å². The van der Waals surface area contributed by atoms with Crippen molar-refractivity contribution in [3.63, 3.8) is 0 Å². The topological polar surface area (TPSA) is 77.9 Å². The summed E-state index contributed by atoms with van der Waals surface area (Å²) in [6.07, 6.45) is 5.52. The van der Waals surface area contributed by atoms with Crippen molar-refractivity contribution in [1.29, 1.82) is 0 Å². The maximum atomic E-state index is 11.3. The highest BCUT2D eigenvalue weighted by Crippen LogP contribution is 2.27. The van der Waals surface area contributed by atoms with Gasteiger partial charge in [-0.3, -0.25) is 4.79 Å². The summed E-state index contributed by atoms with van der Waals surface area (Å²) >= 11 is 0. The number of amides is 1. The second-order valence-corrected chi connectivity index (χ2v) is 3.66. The van der Waals surface area contributed by atoms with Gasteiger partial charge in [0, 0.05) is 24.4 Å². The van der Waals surface area contributed by atoms with Crippen LogP contribution in [0.15, 0.2) is 5.11 Å². The van der Waals surface area contributed by atoms with Gasteiger partial charge >= 0.3 is 0 Å². The van der Waals surface area contributed by atoms with Gasteiger partial charge in [0.15, 0.2) is 0 Å². The molecule has 0 aliphatic heterocycles. The Morgan fingerprint density at radius 1 is 1.50 bits per heavy atom. The van der Waals surface area contributed by atoms with E-state index < -0.39 is 0 Å². The van der Waals surface area contributed by atoms with E-state index in [2.05, 4.69) is 15.3 Å². The molecule has 5 nitrogen and oxygen atoms in total. The van der Waals surface area contributed by atoms with Gasteiger partial charge < -0.3 is 5.32 Å². The van der Waals surface area contributed by atoms with Crippen LogP contribution in [-0.2, 0) is 4.79 Å². The van der Waals surface area contributed by atoms with Gasteiger partial charge in [0.25, 0.3) is 0 Å². The Bertz CT molecular complexity index is 229. The Kier molecular flexibility index (Phi) is 4.86. The van der Waals surface area contributed by atoms with Crippen LogP contribution in [-0.4, -0.2) is 19.0 Å². The monoisotopic (exact) mass is 196 g/mol. The molecule has 0 atom stereocenters. The summed E-state index contributed by atoms with van der Waals surface area (Å²) < 4.78 is 0. The fourth-order valence-electron chi connectivity index (χ4n) is 1.84. The third-order valence-electron chi connectivity index (χ3n) is 2.55. The van der Waals surface area contributed by atoms with Crippen LogP contribution in [0.5, 0.6) is 0 Å². The highest BCUT2D eigenvalue weighted by molar-refractivity contribution is 5.76. The molecule has 0 heterocycles. The van der Waals surface area contributed by atoms with Gasteiger partial charge in [-0.25, -0.2) is 0 Å². The molecule has 0 bridgehead atoms. The number of carbonyl (C=O) groups excluding carboxylic acids is 1. The van der Waals surface area contributed by atoms with Gasteiger partial charge in [0.05, 0.1) is 0 Å². The van der Waals surface area contributed by atoms with Crippen LogP contribution < -0.4 is 5.32 Å². The summed E-state index contributed by atoms with van der Waals surface area (Å²) in [5, 5.41) is 6.08. The summed E-state index contributed by atoms with van der Waals surface area (Å²) in [4.78, 5) is 13.9. The minimum Gasteiger partial charge on any atom is -0.356 e.